The van der Waals surface area contributed by atoms with Crippen LogP contribution < -0.4 is 0 Å². The summed E-state index contributed by atoms with van der Waals surface area (Å²) in [6, 6.07) is 0. The Morgan fingerprint density at radius 3 is 1.50 bits per heavy atom. The molecule has 0 bridgehead atoms. The minimum atomic E-state index is -1.64. The summed E-state index contributed by atoms with van der Waals surface area (Å²) in [6.07, 6.45) is 3.44. The molecule has 0 heterocycles. The first-order valence-electron chi connectivity index (χ1n) is 1.41. The number of hydrogen-bond acceptors (Lipinski definition) is 1. The summed E-state index contributed by atoms with van der Waals surface area (Å²) in [5.74, 6) is 0. The van der Waals surface area contributed by atoms with Crippen LogP contribution in [-0.4, -0.2) is 24.5 Å². The van der Waals surface area contributed by atoms with E-state index in [9.17, 15) is 0 Å². The van der Waals surface area contributed by atoms with Gasteiger partial charge in [-0.2, -0.15) is 0 Å². The fourth-order valence-corrected chi connectivity index (χ4v) is 0. The van der Waals surface area contributed by atoms with Gasteiger partial charge in [0.2, 0.25) is 0 Å². The molecule has 0 rings (SSSR count). The van der Waals surface area contributed by atoms with Crippen molar-refractivity contribution >= 4 is 13.4 Å². The average Bonchev–Trinajstić information content (AvgIpc) is 0.722. The standard InChI is InChI=1S/C3H9OP.Rf/c1-5(2,3)4;/h4H,1H2,2-3H3;. The molecule has 0 aromatic rings. The van der Waals surface area contributed by atoms with E-state index in [1.165, 1.54) is 0 Å². The van der Waals surface area contributed by atoms with Gasteiger partial charge in [-0.1, -0.05) is 6.30 Å². The largest absolute Gasteiger partial charge is 0.377 e. The first-order valence-corrected chi connectivity index (χ1v) is 4.23. The molecular weight excluding hydrogens is 350 g/mol. The van der Waals surface area contributed by atoms with E-state index < -0.39 is 7.11 Å². The topological polar surface area (TPSA) is 20.2 Å². The molecule has 0 amide bonds. The summed E-state index contributed by atoms with van der Waals surface area (Å²) < 4.78 is 0. The molecule has 0 aliphatic carbocycles. The third-order valence-electron chi connectivity index (χ3n) is 0. The molecule has 34 valence electrons. The van der Waals surface area contributed by atoms with Gasteiger partial charge in [-0.15, -0.1) is 0 Å². The monoisotopic (exact) mass is 359 g/mol. The smallest absolute Gasteiger partial charge is 0 e. The Kier molecular flexibility index (Phi) is 2.45. The van der Waals surface area contributed by atoms with Crippen molar-refractivity contribution in [2.75, 3.05) is 13.3 Å². The maximum Gasteiger partial charge on any atom is 0 e. The van der Waals surface area contributed by atoms with E-state index in [1.807, 2.05) is 0 Å². The molecular formula is C3H9OPRf. The summed E-state index contributed by atoms with van der Waals surface area (Å²) >= 11 is 0. The van der Waals surface area contributed by atoms with Crippen LogP contribution in [0.2, 0.25) is 0 Å². The van der Waals surface area contributed by atoms with Crippen LogP contribution in [0.3, 0.4) is 0 Å². The van der Waals surface area contributed by atoms with Crippen molar-refractivity contribution in [3.8, 4) is 0 Å². The van der Waals surface area contributed by atoms with Crippen molar-refractivity contribution in [1.82, 2.24) is 0 Å². The Morgan fingerprint density at radius 1 is 1.50 bits per heavy atom. The molecule has 1 nitrogen and oxygen atoms in total. The van der Waals surface area contributed by atoms with Crippen molar-refractivity contribution in [3.63, 3.8) is 0 Å². The van der Waals surface area contributed by atoms with Crippen LogP contribution in [0, 0.1) is 0 Å². The van der Waals surface area contributed by atoms with E-state index in [0.29, 0.717) is 0 Å². The third-order valence-corrected chi connectivity index (χ3v) is 0. The fourth-order valence-electron chi connectivity index (χ4n) is 0. The fraction of sp³-hybridized carbons (Fsp3) is 0.667. The van der Waals surface area contributed by atoms with Crippen molar-refractivity contribution in [3.05, 3.63) is 0 Å². The third kappa shape index (κ3) is 30.4. The second-order valence-electron chi connectivity index (χ2n) is 1.62. The minimum absolute atomic E-state index is 0. The van der Waals surface area contributed by atoms with E-state index in [4.69, 9.17) is 4.89 Å². The summed E-state index contributed by atoms with van der Waals surface area (Å²) in [4.78, 5) is 8.52. The minimum Gasteiger partial charge on any atom is -0.377 e. The van der Waals surface area contributed by atoms with Gasteiger partial charge in [0.25, 0.3) is 0 Å². The van der Waals surface area contributed by atoms with E-state index >= 15 is 0 Å². The van der Waals surface area contributed by atoms with Crippen LogP contribution in [0.1, 0.15) is 0 Å². The van der Waals surface area contributed by atoms with Crippen LogP contribution >= 0.6 is 7.11 Å². The SMILES string of the molecule is C=P(C)(C)O.[Rf]. The van der Waals surface area contributed by atoms with Gasteiger partial charge in [0.15, 0.2) is 0 Å². The summed E-state index contributed by atoms with van der Waals surface area (Å²) in [7, 11) is -1.64. The Labute approximate surface area is 32.7 Å². The van der Waals surface area contributed by atoms with Gasteiger partial charge in [0.05, 0.1) is 0 Å². The van der Waals surface area contributed by atoms with Crippen molar-refractivity contribution in [2.24, 2.45) is 0 Å². The Hall–Kier alpha value is -0.740. The van der Waals surface area contributed by atoms with Gasteiger partial charge >= 0.3 is 0 Å². The Morgan fingerprint density at radius 2 is 1.50 bits per heavy atom. The zero-order valence-corrected chi connectivity index (χ0v) is 11.6. The second kappa shape index (κ2) is 1.64. The zero-order valence-electron chi connectivity index (χ0n) is 4.31. The molecule has 1 N–H and O–H groups in total. The molecule has 0 fully saturated rings. The molecule has 6 heavy (non-hydrogen) atoms. The Bertz CT molecular complexity index is 56.9. The summed E-state index contributed by atoms with van der Waals surface area (Å²) in [5.41, 5.74) is 0. The molecule has 0 aromatic heterocycles. The van der Waals surface area contributed by atoms with Crippen molar-refractivity contribution in [2.45, 2.75) is 0 Å². The number of hydrogen-bond donors (Lipinski definition) is 1. The molecule has 3 heteroatoms. The zero-order chi connectivity index (χ0) is 4.50. The van der Waals surface area contributed by atoms with Gasteiger partial charge in [0, 0.05) is 0 Å². The van der Waals surface area contributed by atoms with E-state index in [0.717, 1.165) is 0 Å². The number of rotatable bonds is 0. The predicted molar refractivity (Wildman–Crippen MR) is 28.1 cm³/mol. The molecule has 0 radical (unpaired) electrons. The van der Waals surface area contributed by atoms with Gasteiger partial charge in [-0.3, -0.25) is 0 Å². The van der Waals surface area contributed by atoms with Crippen LogP contribution in [-0.2, 0) is 0 Å². The van der Waals surface area contributed by atoms with Crippen molar-refractivity contribution in [1.29, 1.82) is 0 Å². The van der Waals surface area contributed by atoms with Gasteiger partial charge in [0.1, 0.15) is 0 Å². The van der Waals surface area contributed by atoms with Crippen molar-refractivity contribution < 1.29 is 4.89 Å². The molecule has 0 saturated heterocycles. The molecule has 0 aliphatic rings. The molecule has 0 unspecified atom stereocenters. The first-order chi connectivity index (χ1) is 2.00. The normalized spacial score (nSPS) is 9.83. The van der Waals surface area contributed by atoms with Gasteiger partial charge < -0.3 is 4.89 Å². The molecule has 0 aliphatic heterocycles. The quantitative estimate of drug-likeness (QED) is 0.629. The predicted octanol–water partition coefficient (Wildman–Crippen LogP) is 0.603. The molecule has 0 saturated carbocycles. The maximum absolute atomic E-state index is 8.52. The van der Waals surface area contributed by atoms with E-state index in [1.54, 1.807) is 13.3 Å². The summed E-state index contributed by atoms with van der Waals surface area (Å²) in [5, 5.41) is 0. The first kappa shape index (κ1) is 8.98. The van der Waals surface area contributed by atoms with Crippen LogP contribution in [0.25, 0.3) is 0 Å². The van der Waals surface area contributed by atoms with E-state index in [2.05, 4.69) is 6.30 Å². The second-order valence-corrected chi connectivity index (χ2v) is 4.86. The maximum atomic E-state index is 8.52. The van der Waals surface area contributed by atoms with Crippen LogP contribution in [0.5, 0.6) is 0 Å². The van der Waals surface area contributed by atoms with Gasteiger partial charge in [-0.25, -0.2) is 0 Å². The molecule has 0 atom stereocenters. The Balaban J connectivity index is 0. The average molecular weight is 359 g/mol. The molecule has 0 aromatic carbocycles. The summed E-state index contributed by atoms with van der Waals surface area (Å²) in [6.45, 7) is 3.49. The van der Waals surface area contributed by atoms with Crippen LogP contribution in [0.4, 0.5) is 0 Å². The van der Waals surface area contributed by atoms with E-state index in [-0.39, 0.29) is 0 Å². The molecule has 0 spiro atoms. The van der Waals surface area contributed by atoms with Crippen LogP contribution in [0.15, 0.2) is 0 Å². The van der Waals surface area contributed by atoms with Gasteiger partial charge in [-0.05, 0) is 20.4 Å².